The summed E-state index contributed by atoms with van der Waals surface area (Å²) in [5.41, 5.74) is 1.21. The van der Waals surface area contributed by atoms with Gasteiger partial charge in [-0.15, -0.1) is 11.3 Å². The van der Waals surface area contributed by atoms with Gasteiger partial charge >= 0.3 is 0 Å². The molecule has 0 radical (unpaired) electrons. The molecule has 11 aromatic rings. The van der Waals surface area contributed by atoms with Gasteiger partial charge in [0.15, 0.2) is 0 Å². The first-order chi connectivity index (χ1) is 33.8. The Bertz CT molecular complexity index is 3900. The van der Waals surface area contributed by atoms with Crippen molar-refractivity contribution in [2.75, 3.05) is 4.90 Å². The minimum Gasteiger partial charge on any atom is -0.311 e. The number of hydrogen-bond donors (Lipinski definition) is 0. The first kappa shape index (κ1) is 23.7. The smallest absolute Gasteiger partial charge is 0.0645 e. The minimum absolute atomic E-state index is 0.0245. The molecule has 272 valence electrons. The van der Waals surface area contributed by atoms with Crippen LogP contribution in [0.4, 0.5) is 17.1 Å². The third-order valence-corrected chi connectivity index (χ3v) is 11.7. The Morgan fingerprint density at radius 3 is 1.33 bits per heavy atom. The summed E-state index contributed by atoms with van der Waals surface area (Å²) in [7, 11) is 0. The highest BCUT2D eigenvalue weighted by Crippen LogP contribution is 2.42. The van der Waals surface area contributed by atoms with Crippen LogP contribution in [0.15, 0.2) is 224 Å². The lowest BCUT2D eigenvalue weighted by atomic mass is 9.96. The van der Waals surface area contributed by atoms with E-state index in [0.717, 1.165) is 52.4 Å². The molecule has 0 aliphatic rings. The van der Waals surface area contributed by atoms with Gasteiger partial charge in [-0.3, -0.25) is 0 Å². The van der Waals surface area contributed by atoms with Crippen molar-refractivity contribution in [3.05, 3.63) is 224 Å². The van der Waals surface area contributed by atoms with Gasteiger partial charge in [0.05, 0.1) is 16.4 Å². The number of fused-ring (bicyclic) bond motifs is 5. The van der Waals surface area contributed by atoms with Crippen LogP contribution in [0.3, 0.4) is 0 Å². The van der Waals surface area contributed by atoms with Gasteiger partial charge in [-0.2, -0.15) is 0 Å². The van der Waals surface area contributed by atoms with Gasteiger partial charge < -0.3 is 4.90 Å². The van der Waals surface area contributed by atoms with E-state index in [1.54, 1.807) is 42.5 Å². The van der Waals surface area contributed by atoms with Gasteiger partial charge in [0, 0.05) is 37.2 Å². The van der Waals surface area contributed by atoms with Crippen LogP contribution >= 0.6 is 11.3 Å². The molecule has 1 heterocycles. The molecule has 0 bridgehead atoms. The zero-order chi connectivity index (χ0) is 48.9. The molecule has 0 N–H and O–H groups in total. The molecule has 0 saturated heterocycles. The summed E-state index contributed by atoms with van der Waals surface area (Å²) in [5, 5.41) is 5.38. The Hall–Kier alpha value is -7.26. The van der Waals surface area contributed by atoms with E-state index in [-0.39, 0.29) is 16.7 Å². The van der Waals surface area contributed by atoms with Crippen molar-refractivity contribution in [1.29, 1.82) is 0 Å². The second kappa shape index (κ2) is 14.4. The van der Waals surface area contributed by atoms with Gasteiger partial charge in [-0.25, -0.2) is 0 Å². The van der Waals surface area contributed by atoms with E-state index in [1.165, 1.54) is 11.3 Å². The number of rotatable bonds is 7. The fourth-order valence-electron chi connectivity index (χ4n) is 7.68. The third-order valence-electron chi connectivity index (χ3n) is 10.5. The zero-order valence-electron chi connectivity index (χ0n) is 42.8. The van der Waals surface area contributed by atoms with Gasteiger partial charge in [-0.1, -0.05) is 182 Å². The van der Waals surface area contributed by atoms with Crippen molar-refractivity contribution in [3.8, 4) is 44.5 Å². The summed E-state index contributed by atoms with van der Waals surface area (Å²) in [6.45, 7) is 0. The van der Waals surface area contributed by atoms with Crippen LogP contribution in [0.2, 0.25) is 0 Å². The molecular weight excluding hydrogens is 719 g/mol. The van der Waals surface area contributed by atoms with Gasteiger partial charge in [0.1, 0.15) is 0 Å². The third kappa shape index (κ3) is 6.03. The van der Waals surface area contributed by atoms with E-state index in [1.807, 2.05) is 109 Å². The molecule has 1 nitrogen and oxygen atoms in total. The first-order valence-corrected chi connectivity index (χ1v) is 19.7. The molecule has 10 aromatic carbocycles. The molecule has 1 aromatic heterocycles. The van der Waals surface area contributed by atoms with Gasteiger partial charge in [0.25, 0.3) is 0 Å². The highest BCUT2D eigenvalue weighted by molar-refractivity contribution is 7.26. The van der Waals surface area contributed by atoms with Crippen LogP contribution in [-0.2, 0) is 0 Å². The summed E-state index contributed by atoms with van der Waals surface area (Å²) in [5.74, 6) is 0. The number of thiophene rings is 1. The second-order valence-corrected chi connectivity index (χ2v) is 15.0. The summed E-state index contributed by atoms with van der Waals surface area (Å²) < 4.78 is 117. The SMILES string of the molecule is [2H]c1c([2H])c(N(c2c([2H])c([2H])c(-c3cccc4ccccc34)c([2H])c2[2H])c2c([2H])c([2H])c(-c3cccc4c3sc3ccccc34)c([2H])c2[2H])c([2H])c([2H])c1-c1ccc(-c2cccc3ccccc23)cc1. The molecule has 0 saturated carbocycles. The Balaban J connectivity index is 1.15. The molecular formula is C56H37NS. The van der Waals surface area contributed by atoms with Crippen LogP contribution < -0.4 is 4.90 Å². The first-order valence-electron chi connectivity index (χ1n) is 24.9. The predicted molar refractivity (Wildman–Crippen MR) is 251 cm³/mol. The molecule has 0 fully saturated rings. The normalized spacial score (nSPS) is 14.3. The Labute approximate surface area is 359 Å². The Morgan fingerprint density at radius 2 is 0.724 bits per heavy atom. The van der Waals surface area contributed by atoms with E-state index >= 15 is 0 Å². The quantitative estimate of drug-likeness (QED) is 0.156. The maximum atomic E-state index is 9.69. The molecule has 0 spiro atoms. The lowest BCUT2D eigenvalue weighted by molar-refractivity contribution is 1.28. The van der Waals surface area contributed by atoms with Crippen molar-refractivity contribution in [3.63, 3.8) is 0 Å². The monoisotopic (exact) mass is 767 g/mol. The predicted octanol–water partition coefficient (Wildman–Crippen LogP) is 16.5. The van der Waals surface area contributed by atoms with Gasteiger partial charge in [-0.05, 0) is 108 Å². The van der Waals surface area contributed by atoms with Crippen molar-refractivity contribution < 1.29 is 16.4 Å². The molecule has 0 unspecified atom stereocenters. The highest BCUT2D eigenvalue weighted by Gasteiger charge is 2.16. The standard InChI is InChI=1S/C56H37NS/c1-3-14-48-40(10-1)12-7-17-50(48)42-24-22-38(23-25-42)39-26-32-45(33-27-39)57(46-34-28-43(29-35-46)51-18-8-13-41-11-2-4-15-49(41)51)47-36-30-44(31-37-47)52-19-9-20-54-53-16-5-6-21-55(53)58-56(52)54/h1-37H/i26D,27D,28D,29D,30D,31D,32D,33D,34D,35D,36D,37D. The van der Waals surface area contributed by atoms with Crippen molar-refractivity contribution in [2.24, 2.45) is 0 Å². The van der Waals surface area contributed by atoms with Gasteiger partial charge in [0.2, 0.25) is 0 Å². The van der Waals surface area contributed by atoms with E-state index in [2.05, 4.69) is 0 Å². The average Bonchev–Trinajstić information content (AvgIpc) is 3.77. The fourth-order valence-corrected chi connectivity index (χ4v) is 8.91. The number of benzene rings is 10. The maximum absolute atomic E-state index is 9.69. The van der Waals surface area contributed by atoms with Crippen LogP contribution in [0.1, 0.15) is 16.4 Å². The Morgan fingerprint density at radius 1 is 0.310 bits per heavy atom. The number of nitrogens with zero attached hydrogens (tertiary/aromatic N) is 1. The summed E-state index contributed by atoms with van der Waals surface area (Å²) >= 11 is 1.45. The lowest BCUT2D eigenvalue weighted by Crippen LogP contribution is -2.09. The van der Waals surface area contributed by atoms with Crippen LogP contribution in [0.5, 0.6) is 0 Å². The fraction of sp³-hybridized carbons (Fsp3) is 0. The topological polar surface area (TPSA) is 3.24 Å². The second-order valence-electron chi connectivity index (χ2n) is 13.9. The summed E-state index contributed by atoms with van der Waals surface area (Å²) in [6, 6.07) is 39.9. The van der Waals surface area contributed by atoms with E-state index in [4.69, 9.17) is 0 Å². The molecule has 2 heteroatoms. The lowest BCUT2D eigenvalue weighted by Gasteiger charge is -2.26. The number of anilines is 3. The van der Waals surface area contributed by atoms with E-state index < -0.39 is 89.6 Å². The molecule has 0 amide bonds. The van der Waals surface area contributed by atoms with Crippen molar-refractivity contribution >= 4 is 70.1 Å². The largest absolute Gasteiger partial charge is 0.311 e. The summed E-state index contributed by atoms with van der Waals surface area (Å²) in [4.78, 5) is 0.867. The van der Waals surface area contributed by atoms with Crippen LogP contribution in [0, 0.1) is 0 Å². The van der Waals surface area contributed by atoms with Crippen molar-refractivity contribution in [1.82, 2.24) is 0 Å². The molecule has 0 aliphatic carbocycles. The Kier molecular flexibility index (Phi) is 5.87. The van der Waals surface area contributed by atoms with Crippen LogP contribution in [0.25, 0.3) is 86.2 Å². The average molecular weight is 768 g/mol. The van der Waals surface area contributed by atoms with Crippen LogP contribution in [-0.4, -0.2) is 0 Å². The number of hydrogen-bond acceptors (Lipinski definition) is 2. The molecule has 11 rings (SSSR count). The molecule has 58 heavy (non-hydrogen) atoms. The molecule has 0 aliphatic heterocycles. The zero-order valence-corrected chi connectivity index (χ0v) is 31.6. The highest BCUT2D eigenvalue weighted by atomic mass is 32.1. The molecule has 0 atom stereocenters. The maximum Gasteiger partial charge on any atom is 0.0645 e. The summed E-state index contributed by atoms with van der Waals surface area (Å²) in [6.07, 6.45) is 0. The minimum atomic E-state index is -0.667. The van der Waals surface area contributed by atoms with Crippen molar-refractivity contribution in [2.45, 2.75) is 0 Å². The van der Waals surface area contributed by atoms with E-state index in [9.17, 15) is 16.4 Å². The van der Waals surface area contributed by atoms with E-state index in [0.29, 0.717) is 22.1 Å².